The number of methoxy groups -OCH3 is 4. The smallest absolute Gasteiger partial charge is 0.347 e. The summed E-state index contributed by atoms with van der Waals surface area (Å²) in [6.07, 6.45) is 2.24. The molecule has 220 valence electrons. The first kappa shape index (κ1) is 30.3. The molecule has 0 unspecified atom stereocenters. The Morgan fingerprint density at radius 2 is 1.33 bits per heavy atom. The van der Waals surface area contributed by atoms with Crippen LogP contribution in [0.4, 0.5) is 5.82 Å². The lowest BCUT2D eigenvalue weighted by Gasteiger charge is -2.26. The molecule has 1 aromatic heterocycles. The number of benzene rings is 3. The van der Waals surface area contributed by atoms with Gasteiger partial charge in [0.1, 0.15) is 17.8 Å². The zero-order valence-electron chi connectivity index (χ0n) is 25.0. The summed E-state index contributed by atoms with van der Waals surface area (Å²) in [6.45, 7) is 5.23. The molecule has 9 heteroatoms. The first-order valence-electron chi connectivity index (χ1n) is 13.6. The second-order valence-corrected chi connectivity index (χ2v) is 9.98. The molecule has 3 aromatic carbocycles. The Morgan fingerprint density at radius 1 is 0.810 bits per heavy atom. The summed E-state index contributed by atoms with van der Waals surface area (Å²) in [5.41, 5.74) is 4.83. The van der Waals surface area contributed by atoms with Gasteiger partial charge in [0.15, 0.2) is 11.4 Å². The number of aryl methyl sites for hydroxylation is 2. The minimum atomic E-state index is -0.752. The largest absolute Gasteiger partial charge is 0.497 e. The van der Waals surface area contributed by atoms with Crippen LogP contribution < -0.4 is 19.9 Å². The van der Waals surface area contributed by atoms with Crippen molar-refractivity contribution in [3.8, 4) is 17.2 Å². The van der Waals surface area contributed by atoms with Crippen LogP contribution in [-0.4, -0.2) is 50.6 Å². The molecule has 0 bridgehead atoms. The van der Waals surface area contributed by atoms with E-state index in [0.717, 1.165) is 45.7 Å². The molecule has 42 heavy (non-hydrogen) atoms. The Labute approximate surface area is 246 Å². The number of carbonyl (C=O) groups excluding carboxylic acids is 1. The van der Waals surface area contributed by atoms with Crippen molar-refractivity contribution >= 4 is 11.8 Å². The summed E-state index contributed by atoms with van der Waals surface area (Å²) in [4.78, 5) is 33.9. The standard InChI is InChI=1S/C33H37N3O6/c1-22-17-26(15-16-39-3)18-23(2)30(22)36-21-34-31(29(32(36)37)33(38)42-6)35(19-24-7-11-27(40-4)12-8-24)20-25-9-13-28(41-5)14-10-25/h7-14,17-18,21H,15-16,19-20H2,1-6H3. The summed E-state index contributed by atoms with van der Waals surface area (Å²) in [5.74, 6) is 0.950. The molecule has 0 amide bonds. The number of nitrogens with zero attached hydrogens (tertiary/aromatic N) is 3. The lowest BCUT2D eigenvalue weighted by Crippen LogP contribution is -2.33. The molecule has 4 rings (SSSR count). The molecule has 0 aliphatic heterocycles. The van der Waals surface area contributed by atoms with Crippen molar-refractivity contribution < 1.29 is 23.7 Å². The van der Waals surface area contributed by atoms with Crippen molar-refractivity contribution in [1.29, 1.82) is 0 Å². The van der Waals surface area contributed by atoms with Crippen LogP contribution in [0, 0.1) is 13.8 Å². The minimum Gasteiger partial charge on any atom is -0.497 e. The average Bonchev–Trinajstić information content (AvgIpc) is 3.00. The fourth-order valence-electron chi connectivity index (χ4n) is 5.02. The van der Waals surface area contributed by atoms with Gasteiger partial charge in [0.25, 0.3) is 5.56 Å². The molecule has 1 heterocycles. The van der Waals surface area contributed by atoms with Crippen LogP contribution in [0.3, 0.4) is 0 Å². The van der Waals surface area contributed by atoms with Crippen molar-refractivity contribution in [3.63, 3.8) is 0 Å². The third-order valence-electron chi connectivity index (χ3n) is 7.09. The quantitative estimate of drug-likeness (QED) is 0.218. The van der Waals surface area contributed by atoms with Crippen LogP contribution in [0.1, 0.15) is 38.2 Å². The second kappa shape index (κ2) is 13.8. The lowest BCUT2D eigenvalue weighted by molar-refractivity contribution is 0.0598. The van der Waals surface area contributed by atoms with E-state index in [9.17, 15) is 9.59 Å². The van der Waals surface area contributed by atoms with Crippen LogP contribution in [0.5, 0.6) is 11.5 Å². The van der Waals surface area contributed by atoms with Crippen molar-refractivity contribution in [1.82, 2.24) is 9.55 Å². The molecular formula is C33H37N3O6. The van der Waals surface area contributed by atoms with Crippen LogP contribution in [0.2, 0.25) is 0 Å². The van der Waals surface area contributed by atoms with Gasteiger partial charge in [-0.2, -0.15) is 0 Å². The minimum absolute atomic E-state index is 0.135. The van der Waals surface area contributed by atoms with Gasteiger partial charge in [-0.05, 0) is 72.4 Å². The third kappa shape index (κ3) is 6.80. The van der Waals surface area contributed by atoms with E-state index in [1.54, 1.807) is 21.3 Å². The van der Waals surface area contributed by atoms with E-state index in [-0.39, 0.29) is 11.4 Å². The van der Waals surface area contributed by atoms with Gasteiger partial charge in [0, 0.05) is 20.2 Å². The number of aromatic nitrogens is 2. The molecule has 0 N–H and O–H groups in total. The van der Waals surface area contributed by atoms with Crippen molar-refractivity contribution in [2.45, 2.75) is 33.4 Å². The number of esters is 1. The molecule has 4 aromatic rings. The van der Waals surface area contributed by atoms with Gasteiger partial charge in [-0.1, -0.05) is 36.4 Å². The number of ether oxygens (including phenoxy) is 4. The van der Waals surface area contributed by atoms with Crippen LogP contribution in [-0.2, 0) is 29.0 Å². The lowest BCUT2D eigenvalue weighted by atomic mass is 10.0. The van der Waals surface area contributed by atoms with Crippen molar-refractivity contribution in [3.05, 3.63) is 111 Å². The molecule has 0 saturated carbocycles. The zero-order chi connectivity index (χ0) is 30.2. The normalized spacial score (nSPS) is 10.8. The predicted octanol–water partition coefficient (Wildman–Crippen LogP) is 5.05. The van der Waals surface area contributed by atoms with E-state index < -0.39 is 11.5 Å². The van der Waals surface area contributed by atoms with Crippen LogP contribution in [0.25, 0.3) is 5.69 Å². The maximum absolute atomic E-state index is 14.1. The molecule has 0 radical (unpaired) electrons. The fourth-order valence-corrected chi connectivity index (χ4v) is 5.02. The first-order valence-corrected chi connectivity index (χ1v) is 13.6. The number of hydrogen-bond acceptors (Lipinski definition) is 8. The SMILES string of the molecule is COCCc1cc(C)c(-n2cnc(N(Cc3ccc(OC)cc3)Cc3ccc(OC)cc3)c(C(=O)OC)c2=O)c(C)c1. The molecular weight excluding hydrogens is 534 g/mol. The molecule has 0 saturated heterocycles. The number of carbonyl (C=O) groups is 1. The highest BCUT2D eigenvalue weighted by molar-refractivity contribution is 5.94. The van der Waals surface area contributed by atoms with E-state index in [2.05, 4.69) is 0 Å². The molecule has 0 spiro atoms. The summed E-state index contributed by atoms with van der Waals surface area (Å²) >= 11 is 0. The maximum atomic E-state index is 14.1. The van der Waals surface area contributed by atoms with E-state index >= 15 is 0 Å². The molecule has 0 atom stereocenters. The van der Waals surface area contributed by atoms with E-state index in [1.165, 1.54) is 18.0 Å². The van der Waals surface area contributed by atoms with E-state index in [1.807, 2.05) is 79.4 Å². The fraction of sp³-hybridized carbons (Fsp3) is 0.303. The van der Waals surface area contributed by atoms with Crippen LogP contribution >= 0.6 is 0 Å². The summed E-state index contributed by atoms with van der Waals surface area (Å²) < 4.78 is 22.4. The highest BCUT2D eigenvalue weighted by atomic mass is 16.5. The van der Waals surface area contributed by atoms with Gasteiger partial charge >= 0.3 is 5.97 Å². The topological polar surface area (TPSA) is 92.1 Å². The summed E-state index contributed by atoms with van der Waals surface area (Å²) in [7, 11) is 6.16. The summed E-state index contributed by atoms with van der Waals surface area (Å²) in [6, 6.07) is 19.3. The number of hydrogen-bond donors (Lipinski definition) is 0. The second-order valence-electron chi connectivity index (χ2n) is 9.98. The van der Waals surface area contributed by atoms with Gasteiger partial charge in [0.05, 0.1) is 33.6 Å². The van der Waals surface area contributed by atoms with Crippen molar-refractivity contribution in [2.24, 2.45) is 0 Å². The zero-order valence-corrected chi connectivity index (χ0v) is 25.0. The monoisotopic (exact) mass is 571 g/mol. The van der Waals surface area contributed by atoms with Gasteiger partial charge in [0.2, 0.25) is 0 Å². The molecule has 0 aliphatic carbocycles. The summed E-state index contributed by atoms with van der Waals surface area (Å²) in [5, 5.41) is 0. The number of anilines is 1. The van der Waals surface area contributed by atoms with Crippen molar-refractivity contribution in [2.75, 3.05) is 39.9 Å². The van der Waals surface area contributed by atoms with Crippen LogP contribution in [0.15, 0.2) is 71.8 Å². The maximum Gasteiger partial charge on any atom is 0.347 e. The Hall–Kier alpha value is -4.63. The highest BCUT2D eigenvalue weighted by Crippen LogP contribution is 2.26. The van der Waals surface area contributed by atoms with Gasteiger partial charge in [-0.25, -0.2) is 9.78 Å². The Kier molecular flexibility index (Phi) is 9.98. The van der Waals surface area contributed by atoms with Gasteiger partial charge in [-0.15, -0.1) is 0 Å². The molecule has 9 nitrogen and oxygen atoms in total. The van der Waals surface area contributed by atoms with Gasteiger partial charge in [-0.3, -0.25) is 9.36 Å². The average molecular weight is 572 g/mol. The Morgan fingerprint density at radius 3 is 1.79 bits per heavy atom. The number of rotatable bonds is 12. The van der Waals surface area contributed by atoms with E-state index in [0.29, 0.717) is 25.4 Å². The van der Waals surface area contributed by atoms with Gasteiger partial charge < -0.3 is 23.8 Å². The first-order chi connectivity index (χ1) is 20.3. The molecule has 0 fully saturated rings. The Bertz CT molecular complexity index is 1510. The molecule has 0 aliphatic rings. The third-order valence-corrected chi connectivity index (χ3v) is 7.09. The highest BCUT2D eigenvalue weighted by Gasteiger charge is 2.26. The van der Waals surface area contributed by atoms with E-state index in [4.69, 9.17) is 23.9 Å². The Balaban J connectivity index is 1.83. The predicted molar refractivity (Wildman–Crippen MR) is 162 cm³/mol.